The third kappa shape index (κ3) is 2.71. The lowest BCUT2D eigenvalue weighted by Crippen LogP contribution is -2.45. The molecule has 24 heavy (non-hydrogen) atoms. The molecule has 1 saturated heterocycles. The molecule has 0 aliphatic carbocycles. The summed E-state index contributed by atoms with van der Waals surface area (Å²) in [4.78, 5) is 39.1. The SMILES string of the molecule is CN1C(=O)c2ccc(C(=O)N3CCCC(S(C)(=O)=O)C3)cc2C1=O. The van der Waals surface area contributed by atoms with Gasteiger partial charge in [0, 0.05) is 32.0 Å². The molecular formula is C16H18N2O5S. The molecule has 1 aromatic carbocycles. The maximum atomic E-state index is 12.7. The van der Waals surface area contributed by atoms with Crippen LogP contribution in [0.2, 0.25) is 0 Å². The highest BCUT2D eigenvalue weighted by Gasteiger charge is 2.35. The summed E-state index contributed by atoms with van der Waals surface area (Å²) in [6, 6.07) is 4.41. The normalized spacial score (nSPS) is 21.2. The van der Waals surface area contributed by atoms with Crippen LogP contribution < -0.4 is 0 Å². The number of imide groups is 1. The molecule has 0 spiro atoms. The molecule has 0 bridgehead atoms. The summed E-state index contributed by atoms with van der Waals surface area (Å²) in [7, 11) is -1.81. The Balaban J connectivity index is 1.87. The molecule has 0 saturated carbocycles. The molecule has 2 aliphatic rings. The second-order valence-corrected chi connectivity index (χ2v) is 8.60. The summed E-state index contributed by atoms with van der Waals surface area (Å²) in [5.74, 6) is -1.14. The van der Waals surface area contributed by atoms with Gasteiger partial charge in [0.25, 0.3) is 17.7 Å². The number of rotatable bonds is 2. The van der Waals surface area contributed by atoms with Crippen molar-refractivity contribution >= 4 is 27.6 Å². The molecule has 0 N–H and O–H groups in total. The van der Waals surface area contributed by atoms with Gasteiger partial charge in [0.2, 0.25) is 0 Å². The molecular weight excluding hydrogens is 332 g/mol. The Bertz CT molecular complexity index is 846. The van der Waals surface area contributed by atoms with Crippen LogP contribution in [-0.4, -0.2) is 67.6 Å². The van der Waals surface area contributed by atoms with E-state index in [1.807, 2.05) is 0 Å². The minimum Gasteiger partial charge on any atom is -0.337 e. The van der Waals surface area contributed by atoms with Gasteiger partial charge in [-0.15, -0.1) is 0 Å². The lowest BCUT2D eigenvalue weighted by atomic mass is 10.0. The molecule has 0 aromatic heterocycles. The van der Waals surface area contributed by atoms with Gasteiger partial charge in [-0.05, 0) is 31.0 Å². The third-order valence-corrected chi connectivity index (χ3v) is 6.20. The van der Waals surface area contributed by atoms with Gasteiger partial charge in [0.1, 0.15) is 0 Å². The molecule has 3 rings (SSSR count). The Morgan fingerprint density at radius 2 is 1.83 bits per heavy atom. The van der Waals surface area contributed by atoms with Gasteiger partial charge >= 0.3 is 0 Å². The van der Waals surface area contributed by atoms with Gasteiger partial charge in [-0.1, -0.05) is 0 Å². The maximum Gasteiger partial charge on any atom is 0.261 e. The number of fused-ring (bicyclic) bond motifs is 1. The zero-order chi connectivity index (χ0) is 17.6. The van der Waals surface area contributed by atoms with E-state index in [0.29, 0.717) is 24.9 Å². The standard InChI is InChI=1S/C16H18N2O5S/c1-17-15(20)12-6-5-10(8-13(12)16(17)21)14(19)18-7-3-4-11(9-18)24(2,22)23/h5-6,8,11H,3-4,7,9H2,1-2H3. The van der Waals surface area contributed by atoms with Crippen molar-refractivity contribution < 1.29 is 22.8 Å². The number of carbonyl (C=O) groups is 3. The smallest absolute Gasteiger partial charge is 0.261 e. The van der Waals surface area contributed by atoms with Crippen LogP contribution in [0.25, 0.3) is 0 Å². The first-order valence-electron chi connectivity index (χ1n) is 7.64. The fourth-order valence-corrected chi connectivity index (χ4v) is 4.19. The number of amides is 3. The average Bonchev–Trinajstić information content (AvgIpc) is 2.78. The molecule has 1 aromatic rings. The molecule has 7 nitrogen and oxygen atoms in total. The first kappa shape index (κ1) is 16.6. The van der Waals surface area contributed by atoms with Crippen molar-refractivity contribution in [3.8, 4) is 0 Å². The van der Waals surface area contributed by atoms with Crippen molar-refractivity contribution in [3.63, 3.8) is 0 Å². The quantitative estimate of drug-likeness (QED) is 0.727. The molecule has 1 atom stereocenters. The van der Waals surface area contributed by atoms with Crippen molar-refractivity contribution in [2.75, 3.05) is 26.4 Å². The summed E-state index contributed by atoms with van der Waals surface area (Å²) in [5, 5.41) is -0.557. The van der Waals surface area contributed by atoms with Crippen molar-refractivity contribution in [3.05, 3.63) is 34.9 Å². The number of hydrogen-bond donors (Lipinski definition) is 0. The van der Waals surface area contributed by atoms with Crippen LogP contribution in [0.4, 0.5) is 0 Å². The van der Waals surface area contributed by atoms with E-state index in [2.05, 4.69) is 0 Å². The Labute approximate surface area is 140 Å². The van der Waals surface area contributed by atoms with Gasteiger partial charge in [-0.3, -0.25) is 19.3 Å². The first-order valence-corrected chi connectivity index (χ1v) is 9.60. The number of hydrogen-bond acceptors (Lipinski definition) is 5. The molecule has 2 heterocycles. The Morgan fingerprint density at radius 1 is 1.17 bits per heavy atom. The zero-order valence-electron chi connectivity index (χ0n) is 13.5. The van der Waals surface area contributed by atoms with E-state index in [-0.39, 0.29) is 29.5 Å². The van der Waals surface area contributed by atoms with Crippen LogP contribution in [0.3, 0.4) is 0 Å². The minimum atomic E-state index is -3.21. The summed E-state index contributed by atoms with van der Waals surface area (Å²) < 4.78 is 23.5. The lowest BCUT2D eigenvalue weighted by Gasteiger charge is -2.31. The Hall–Kier alpha value is -2.22. The molecule has 1 unspecified atom stereocenters. The van der Waals surface area contributed by atoms with E-state index in [4.69, 9.17) is 0 Å². The molecule has 8 heteroatoms. The molecule has 2 aliphatic heterocycles. The monoisotopic (exact) mass is 350 g/mol. The predicted octanol–water partition coefficient (Wildman–Crippen LogP) is 0.562. The number of piperidine rings is 1. The minimum absolute atomic E-state index is 0.154. The van der Waals surface area contributed by atoms with Gasteiger partial charge in [-0.25, -0.2) is 8.42 Å². The van der Waals surface area contributed by atoms with Gasteiger partial charge in [0.05, 0.1) is 16.4 Å². The number of carbonyl (C=O) groups excluding carboxylic acids is 3. The summed E-state index contributed by atoms with van der Waals surface area (Å²) in [6.45, 7) is 0.635. The molecule has 3 amide bonds. The number of sulfone groups is 1. The van der Waals surface area contributed by atoms with E-state index in [9.17, 15) is 22.8 Å². The second-order valence-electron chi connectivity index (χ2n) is 6.27. The van der Waals surface area contributed by atoms with Crippen molar-refractivity contribution in [2.45, 2.75) is 18.1 Å². The predicted molar refractivity (Wildman–Crippen MR) is 86.6 cm³/mol. The van der Waals surface area contributed by atoms with E-state index in [0.717, 1.165) is 4.90 Å². The fraction of sp³-hybridized carbons (Fsp3) is 0.438. The zero-order valence-corrected chi connectivity index (χ0v) is 14.3. The van der Waals surface area contributed by atoms with Gasteiger partial charge < -0.3 is 4.90 Å². The first-order chi connectivity index (χ1) is 11.2. The van der Waals surface area contributed by atoms with Crippen molar-refractivity contribution in [1.29, 1.82) is 0 Å². The highest BCUT2D eigenvalue weighted by Crippen LogP contribution is 2.24. The molecule has 0 radical (unpaired) electrons. The molecule has 128 valence electrons. The number of nitrogens with zero attached hydrogens (tertiary/aromatic N) is 2. The van der Waals surface area contributed by atoms with Crippen molar-refractivity contribution in [1.82, 2.24) is 9.80 Å². The second kappa shape index (κ2) is 5.70. The maximum absolute atomic E-state index is 12.7. The largest absolute Gasteiger partial charge is 0.337 e. The van der Waals surface area contributed by atoms with Crippen molar-refractivity contribution in [2.24, 2.45) is 0 Å². The number of likely N-dealkylation sites (tertiary alicyclic amines) is 1. The van der Waals surface area contributed by atoms with E-state index < -0.39 is 21.0 Å². The van der Waals surface area contributed by atoms with E-state index >= 15 is 0 Å². The van der Waals surface area contributed by atoms with Crippen LogP contribution >= 0.6 is 0 Å². The molecule has 1 fully saturated rings. The summed E-state index contributed by atoms with van der Waals surface area (Å²) >= 11 is 0. The Morgan fingerprint density at radius 3 is 2.50 bits per heavy atom. The summed E-state index contributed by atoms with van der Waals surface area (Å²) in [5.41, 5.74) is 0.788. The van der Waals surface area contributed by atoms with Crippen LogP contribution in [0.15, 0.2) is 18.2 Å². The van der Waals surface area contributed by atoms with Gasteiger partial charge in [0.15, 0.2) is 9.84 Å². The highest BCUT2D eigenvalue weighted by molar-refractivity contribution is 7.91. The van der Waals surface area contributed by atoms with Crippen LogP contribution in [-0.2, 0) is 9.84 Å². The van der Waals surface area contributed by atoms with E-state index in [1.165, 1.54) is 36.4 Å². The third-order valence-electron chi connectivity index (χ3n) is 4.61. The Kier molecular flexibility index (Phi) is 3.95. The van der Waals surface area contributed by atoms with Crippen LogP contribution in [0.1, 0.15) is 43.9 Å². The van der Waals surface area contributed by atoms with E-state index in [1.54, 1.807) is 0 Å². The fourth-order valence-electron chi connectivity index (χ4n) is 3.15. The highest BCUT2D eigenvalue weighted by atomic mass is 32.2. The summed E-state index contributed by atoms with van der Waals surface area (Å²) in [6.07, 6.45) is 2.35. The average molecular weight is 350 g/mol. The number of benzene rings is 1. The van der Waals surface area contributed by atoms with Crippen LogP contribution in [0.5, 0.6) is 0 Å². The van der Waals surface area contributed by atoms with Crippen LogP contribution in [0, 0.1) is 0 Å². The topological polar surface area (TPSA) is 91.8 Å². The lowest BCUT2D eigenvalue weighted by molar-refractivity contribution is 0.0691. The van der Waals surface area contributed by atoms with Gasteiger partial charge in [-0.2, -0.15) is 0 Å².